The summed E-state index contributed by atoms with van der Waals surface area (Å²) in [5.41, 5.74) is 3.86. The van der Waals surface area contributed by atoms with Crippen LogP contribution in [0.5, 0.6) is 0 Å². The van der Waals surface area contributed by atoms with Gasteiger partial charge in [-0.15, -0.1) is 0 Å². The van der Waals surface area contributed by atoms with Gasteiger partial charge in [-0.05, 0) is 47.7 Å². The normalized spacial score (nSPS) is 13.3. The molecule has 2 heterocycles. The highest BCUT2D eigenvalue weighted by atomic mass is 16.6. The third-order valence-electron chi connectivity index (χ3n) is 5.26. The molecule has 1 amide bonds. The SMILES string of the molecule is O=C(c1cc(NCc2ccc(-c3cccnc3)cc2)ccc1[N+](=O)[O-])N1CCCC1. The van der Waals surface area contributed by atoms with Crippen molar-refractivity contribution < 1.29 is 9.72 Å². The summed E-state index contributed by atoms with van der Waals surface area (Å²) in [6.45, 7) is 1.84. The molecule has 0 saturated carbocycles. The molecule has 7 heteroatoms. The molecule has 30 heavy (non-hydrogen) atoms. The second kappa shape index (κ2) is 8.73. The summed E-state index contributed by atoms with van der Waals surface area (Å²) in [4.78, 5) is 29.5. The summed E-state index contributed by atoms with van der Waals surface area (Å²) in [6, 6.07) is 16.7. The number of pyridine rings is 1. The van der Waals surface area contributed by atoms with Gasteiger partial charge in [0.1, 0.15) is 5.56 Å². The van der Waals surface area contributed by atoms with E-state index >= 15 is 0 Å². The third kappa shape index (κ3) is 4.30. The van der Waals surface area contributed by atoms with Crippen molar-refractivity contribution in [2.24, 2.45) is 0 Å². The highest BCUT2D eigenvalue weighted by Crippen LogP contribution is 2.26. The van der Waals surface area contributed by atoms with Crippen LogP contribution < -0.4 is 5.32 Å². The highest BCUT2D eigenvalue weighted by Gasteiger charge is 2.26. The Labute approximate surface area is 174 Å². The first-order chi connectivity index (χ1) is 14.6. The minimum atomic E-state index is -0.496. The molecule has 1 aliphatic heterocycles. The number of hydrogen-bond acceptors (Lipinski definition) is 5. The van der Waals surface area contributed by atoms with Crippen molar-refractivity contribution in [1.82, 2.24) is 9.88 Å². The van der Waals surface area contributed by atoms with Crippen LogP contribution in [0.2, 0.25) is 0 Å². The minimum Gasteiger partial charge on any atom is -0.381 e. The van der Waals surface area contributed by atoms with E-state index in [1.54, 1.807) is 23.2 Å². The average Bonchev–Trinajstić information content (AvgIpc) is 3.33. The van der Waals surface area contributed by atoms with Crippen LogP contribution in [0.4, 0.5) is 11.4 Å². The lowest BCUT2D eigenvalue weighted by molar-refractivity contribution is -0.385. The van der Waals surface area contributed by atoms with Gasteiger partial charge in [0.15, 0.2) is 0 Å². The van der Waals surface area contributed by atoms with Gasteiger partial charge in [0, 0.05) is 43.8 Å². The Morgan fingerprint density at radius 1 is 1.07 bits per heavy atom. The number of likely N-dealkylation sites (tertiary alicyclic amines) is 1. The van der Waals surface area contributed by atoms with Crippen LogP contribution in [0.1, 0.15) is 28.8 Å². The van der Waals surface area contributed by atoms with Crippen molar-refractivity contribution in [3.05, 3.63) is 88.2 Å². The van der Waals surface area contributed by atoms with Gasteiger partial charge < -0.3 is 10.2 Å². The maximum atomic E-state index is 12.8. The standard InChI is InChI=1S/C23H22N4O3/c28-23(26-12-1-2-13-26)21-14-20(9-10-22(21)27(29)30)25-15-17-5-7-18(8-6-17)19-4-3-11-24-16-19/h3-11,14,16,25H,1-2,12-13,15H2. The quantitative estimate of drug-likeness (QED) is 0.484. The minimum absolute atomic E-state index is 0.138. The Hall–Kier alpha value is -3.74. The molecule has 1 fully saturated rings. The van der Waals surface area contributed by atoms with Crippen molar-refractivity contribution in [3.8, 4) is 11.1 Å². The number of hydrogen-bond donors (Lipinski definition) is 1. The second-order valence-corrected chi connectivity index (χ2v) is 7.28. The predicted molar refractivity (Wildman–Crippen MR) is 115 cm³/mol. The second-order valence-electron chi connectivity index (χ2n) is 7.28. The Morgan fingerprint density at radius 2 is 1.83 bits per heavy atom. The zero-order chi connectivity index (χ0) is 20.9. The number of nitro groups is 1. The molecule has 1 aliphatic rings. The molecule has 0 radical (unpaired) electrons. The number of nitro benzene ring substituents is 1. The summed E-state index contributed by atoms with van der Waals surface area (Å²) in [7, 11) is 0. The fourth-order valence-electron chi connectivity index (χ4n) is 3.62. The van der Waals surface area contributed by atoms with Crippen molar-refractivity contribution in [2.45, 2.75) is 19.4 Å². The number of aromatic nitrogens is 1. The van der Waals surface area contributed by atoms with Crippen LogP contribution in [0, 0.1) is 10.1 Å². The molecule has 0 bridgehead atoms. The van der Waals surface area contributed by atoms with E-state index in [0.717, 1.165) is 29.5 Å². The number of nitrogens with zero attached hydrogens (tertiary/aromatic N) is 3. The molecule has 1 N–H and O–H groups in total. The van der Waals surface area contributed by atoms with Crippen molar-refractivity contribution in [3.63, 3.8) is 0 Å². The number of carbonyl (C=O) groups is 1. The van der Waals surface area contributed by atoms with E-state index in [1.165, 1.54) is 6.07 Å². The van der Waals surface area contributed by atoms with Crippen LogP contribution in [0.25, 0.3) is 11.1 Å². The van der Waals surface area contributed by atoms with Crippen molar-refractivity contribution in [1.29, 1.82) is 0 Å². The summed E-state index contributed by atoms with van der Waals surface area (Å²) < 4.78 is 0. The number of nitrogens with one attached hydrogen (secondary N) is 1. The van der Waals surface area contributed by atoms with E-state index in [0.29, 0.717) is 25.3 Å². The molecular formula is C23H22N4O3. The van der Waals surface area contributed by atoms with Crippen LogP contribution in [0.3, 0.4) is 0 Å². The summed E-state index contributed by atoms with van der Waals surface area (Å²) in [5.74, 6) is -0.274. The first-order valence-electron chi connectivity index (χ1n) is 9.93. The molecule has 4 rings (SSSR count). The van der Waals surface area contributed by atoms with E-state index in [4.69, 9.17) is 0 Å². The van der Waals surface area contributed by atoms with Crippen LogP contribution in [-0.2, 0) is 6.54 Å². The lowest BCUT2D eigenvalue weighted by Crippen LogP contribution is -2.28. The largest absolute Gasteiger partial charge is 0.381 e. The Kier molecular flexibility index (Phi) is 5.70. The number of rotatable bonds is 6. The molecule has 2 aromatic carbocycles. The Bertz CT molecular complexity index is 1050. The van der Waals surface area contributed by atoms with Gasteiger partial charge in [-0.25, -0.2) is 0 Å². The molecule has 0 unspecified atom stereocenters. The zero-order valence-corrected chi connectivity index (χ0v) is 16.5. The number of carbonyl (C=O) groups excluding carboxylic acids is 1. The summed E-state index contributed by atoms with van der Waals surface area (Å²) >= 11 is 0. The molecule has 1 saturated heterocycles. The molecule has 1 aromatic heterocycles. The molecule has 3 aromatic rings. The summed E-state index contributed by atoms with van der Waals surface area (Å²) in [5, 5.41) is 14.7. The van der Waals surface area contributed by atoms with E-state index < -0.39 is 4.92 Å². The number of amides is 1. The summed E-state index contributed by atoms with van der Waals surface area (Å²) in [6.07, 6.45) is 5.44. The monoisotopic (exact) mass is 402 g/mol. The first-order valence-corrected chi connectivity index (χ1v) is 9.93. The lowest BCUT2D eigenvalue weighted by atomic mass is 10.1. The zero-order valence-electron chi connectivity index (χ0n) is 16.5. The molecule has 0 atom stereocenters. The molecule has 7 nitrogen and oxygen atoms in total. The Balaban J connectivity index is 1.48. The van der Waals surface area contributed by atoms with Crippen molar-refractivity contribution >= 4 is 17.3 Å². The van der Waals surface area contributed by atoms with Gasteiger partial charge in [0.2, 0.25) is 0 Å². The molecule has 152 valence electrons. The van der Waals surface area contributed by atoms with Gasteiger partial charge in [-0.3, -0.25) is 19.9 Å². The maximum absolute atomic E-state index is 12.8. The fourth-order valence-corrected chi connectivity index (χ4v) is 3.62. The molecule has 0 aliphatic carbocycles. The van der Waals surface area contributed by atoms with Gasteiger partial charge in [0.25, 0.3) is 11.6 Å². The number of anilines is 1. The van der Waals surface area contributed by atoms with Gasteiger partial charge in [0.05, 0.1) is 4.92 Å². The average molecular weight is 402 g/mol. The fraction of sp³-hybridized carbons (Fsp3) is 0.217. The molecular weight excluding hydrogens is 380 g/mol. The van der Waals surface area contributed by atoms with Crippen molar-refractivity contribution in [2.75, 3.05) is 18.4 Å². The topological polar surface area (TPSA) is 88.4 Å². The third-order valence-corrected chi connectivity index (χ3v) is 5.26. The highest BCUT2D eigenvalue weighted by molar-refractivity contribution is 5.99. The maximum Gasteiger partial charge on any atom is 0.282 e. The van der Waals surface area contributed by atoms with E-state index in [1.807, 2.05) is 42.6 Å². The molecule has 0 spiro atoms. The van der Waals surface area contributed by atoms with Crippen LogP contribution in [-0.4, -0.2) is 33.8 Å². The van der Waals surface area contributed by atoms with E-state index in [-0.39, 0.29) is 17.2 Å². The smallest absolute Gasteiger partial charge is 0.282 e. The lowest BCUT2D eigenvalue weighted by Gasteiger charge is -2.16. The Morgan fingerprint density at radius 3 is 2.50 bits per heavy atom. The first kappa shape index (κ1) is 19.6. The number of benzene rings is 2. The van der Waals surface area contributed by atoms with Gasteiger partial charge >= 0.3 is 0 Å². The van der Waals surface area contributed by atoms with Gasteiger partial charge in [-0.2, -0.15) is 0 Å². The predicted octanol–water partition coefficient (Wildman–Crippen LogP) is 4.50. The van der Waals surface area contributed by atoms with Crippen LogP contribution in [0.15, 0.2) is 67.0 Å². The van der Waals surface area contributed by atoms with E-state index in [9.17, 15) is 14.9 Å². The van der Waals surface area contributed by atoms with E-state index in [2.05, 4.69) is 10.3 Å². The van der Waals surface area contributed by atoms with Gasteiger partial charge in [-0.1, -0.05) is 30.3 Å². The van der Waals surface area contributed by atoms with Crippen LogP contribution >= 0.6 is 0 Å².